The molecule has 6 nitrogen and oxygen atoms in total. The van der Waals surface area contributed by atoms with E-state index in [1.165, 1.54) is 16.4 Å². The normalized spacial score (nSPS) is 11.9. The summed E-state index contributed by atoms with van der Waals surface area (Å²) >= 11 is 0. The molecule has 138 valence electrons. The fourth-order valence-electron chi connectivity index (χ4n) is 2.53. The quantitative estimate of drug-likeness (QED) is 0.671. The van der Waals surface area contributed by atoms with Gasteiger partial charge in [0.25, 0.3) is 0 Å². The highest BCUT2D eigenvalue weighted by molar-refractivity contribution is 7.89. The summed E-state index contributed by atoms with van der Waals surface area (Å²) in [5.74, 6) is 0.295. The molecular weight excluding hydrogens is 345 g/mol. The number of benzene rings is 1. The Morgan fingerprint density at radius 1 is 1.24 bits per heavy atom. The Kier molecular flexibility index (Phi) is 6.18. The number of halogens is 1. The van der Waals surface area contributed by atoms with Crippen molar-refractivity contribution in [3.63, 3.8) is 0 Å². The van der Waals surface area contributed by atoms with E-state index in [4.69, 9.17) is 4.74 Å². The molecule has 0 bridgehead atoms. The highest BCUT2D eigenvalue weighted by atomic mass is 32.2. The van der Waals surface area contributed by atoms with Crippen LogP contribution in [0.25, 0.3) is 0 Å². The van der Waals surface area contributed by atoms with E-state index in [-0.39, 0.29) is 10.7 Å². The van der Waals surface area contributed by atoms with Gasteiger partial charge in [-0.2, -0.15) is 5.10 Å². The Hall–Kier alpha value is -1.93. The molecule has 2 rings (SSSR count). The van der Waals surface area contributed by atoms with Crippen molar-refractivity contribution >= 4 is 10.0 Å². The van der Waals surface area contributed by atoms with Crippen LogP contribution in [0.5, 0.6) is 5.75 Å². The number of nitrogens with zero attached hydrogens (tertiary/aromatic N) is 3. The third-order valence-electron chi connectivity index (χ3n) is 4.03. The number of ether oxygens (including phenoxy) is 1. The van der Waals surface area contributed by atoms with Crippen LogP contribution < -0.4 is 4.74 Å². The first-order valence-corrected chi connectivity index (χ1v) is 9.60. The zero-order valence-electron chi connectivity index (χ0n) is 15.0. The number of rotatable bonds is 8. The Bertz CT molecular complexity index is 816. The van der Waals surface area contributed by atoms with Crippen molar-refractivity contribution in [1.82, 2.24) is 14.1 Å². The molecule has 8 heteroatoms. The molecule has 2 aromatic rings. The minimum atomic E-state index is -3.52. The molecular formula is C17H24FN3O3S. The Balaban J connectivity index is 2.02. The summed E-state index contributed by atoms with van der Waals surface area (Å²) < 4.78 is 46.5. The van der Waals surface area contributed by atoms with Gasteiger partial charge in [-0.3, -0.25) is 4.68 Å². The van der Waals surface area contributed by atoms with Crippen LogP contribution in [0, 0.1) is 19.7 Å². The van der Waals surface area contributed by atoms with E-state index >= 15 is 0 Å². The van der Waals surface area contributed by atoms with E-state index in [0.717, 1.165) is 0 Å². The van der Waals surface area contributed by atoms with Crippen LogP contribution in [-0.2, 0) is 16.6 Å². The smallest absolute Gasteiger partial charge is 0.246 e. The van der Waals surface area contributed by atoms with E-state index in [2.05, 4.69) is 5.10 Å². The zero-order valence-corrected chi connectivity index (χ0v) is 15.8. The van der Waals surface area contributed by atoms with Crippen LogP contribution in [0.3, 0.4) is 0 Å². The molecule has 0 saturated heterocycles. The summed E-state index contributed by atoms with van der Waals surface area (Å²) in [7, 11) is -1.97. The van der Waals surface area contributed by atoms with Crippen molar-refractivity contribution in [2.75, 3.05) is 20.2 Å². The lowest BCUT2D eigenvalue weighted by Gasteiger charge is -2.15. The number of sulfonamides is 1. The van der Waals surface area contributed by atoms with Crippen molar-refractivity contribution in [3.8, 4) is 5.75 Å². The molecule has 1 aromatic carbocycles. The molecule has 25 heavy (non-hydrogen) atoms. The molecule has 1 heterocycles. The molecule has 0 radical (unpaired) electrons. The summed E-state index contributed by atoms with van der Waals surface area (Å²) in [5, 5.41) is 4.35. The van der Waals surface area contributed by atoms with E-state index in [1.807, 2.05) is 0 Å². The highest BCUT2D eigenvalue weighted by Gasteiger charge is 2.27. The van der Waals surface area contributed by atoms with Crippen LogP contribution in [0.15, 0.2) is 29.2 Å². The van der Waals surface area contributed by atoms with Crippen LogP contribution >= 0.6 is 0 Å². The van der Waals surface area contributed by atoms with Crippen molar-refractivity contribution in [3.05, 3.63) is 41.5 Å². The second-order valence-corrected chi connectivity index (χ2v) is 7.78. The summed E-state index contributed by atoms with van der Waals surface area (Å²) in [6, 6.07) is 5.84. The highest BCUT2D eigenvalue weighted by Crippen LogP contribution is 2.22. The van der Waals surface area contributed by atoms with Crippen LogP contribution in [0.1, 0.15) is 24.7 Å². The molecule has 0 aliphatic rings. The maximum absolute atomic E-state index is 12.8. The third-order valence-corrected chi connectivity index (χ3v) is 6.21. The van der Waals surface area contributed by atoms with Crippen molar-refractivity contribution in [1.29, 1.82) is 0 Å². The van der Waals surface area contributed by atoms with Crippen molar-refractivity contribution in [2.45, 2.75) is 38.6 Å². The molecule has 0 aliphatic carbocycles. The standard InChI is InChI=1S/C17H24FN3O3S/c1-5-20(4)25(22,23)17-13(2)19-21(14(17)3)11-6-12-24-16-9-7-15(18)8-10-16/h7-10H,5-6,11-12H2,1-4H3. The molecule has 0 unspecified atom stereocenters. The van der Waals surface area contributed by atoms with Gasteiger partial charge in [0.15, 0.2) is 0 Å². The van der Waals surface area contributed by atoms with Gasteiger partial charge in [-0.1, -0.05) is 6.92 Å². The van der Waals surface area contributed by atoms with Gasteiger partial charge in [-0.05, 0) is 38.1 Å². The molecule has 0 amide bonds. The predicted molar refractivity (Wildman–Crippen MR) is 93.7 cm³/mol. The second kappa shape index (κ2) is 7.97. The summed E-state index contributed by atoms with van der Waals surface area (Å²) in [6.45, 7) is 6.63. The SMILES string of the molecule is CCN(C)S(=O)(=O)c1c(C)nn(CCCOc2ccc(F)cc2)c1C. The van der Waals surface area contributed by atoms with Crippen molar-refractivity contribution < 1.29 is 17.5 Å². The lowest BCUT2D eigenvalue weighted by molar-refractivity contribution is 0.297. The minimum absolute atomic E-state index is 0.274. The first kappa shape index (κ1) is 19.4. The monoisotopic (exact) mass is 369 g/mol. The van der Waals surface area contributed by atoms with Crippen molar-refractivity contribution in [2.24, 2.45) is 0 Å². The molecule has 0 saturated carbocycles. The fourth-order valence-corrected chi connectivity index (χ4v) is 4.08. The molecule has 0 aliphatic heterocycles. The lowest BCUT2D eigenvalue weighted by atomic mass is 10.3. The van der Waals surface area contributed by atoms with Gasteiger partial charge >= 0.3 is 0 Å². The largest absolute Gasteiger partial charge is 0.494 e. The average molecular weight is 369 g/mol. The number of aryl methyl sites for hydroxylation is 2. The molecule has 1 aromatic heterocycles. The number of hydrogen-bond donors (Lipinski definition) is 0. The van der Waals surface area contributed by atoms with Crippen LogP contribution in [-0.4, -0.2) is 42.7 Å². The molecule has 0 atom stereocenters. The van der Waals surface area contributed by atoms with E-state index in [1.54, 1.807) is 44.6 Å². The zero-order chi connectivity index (χ0) is 18.6. The molecule has 0 fully saturated rings. The lowest BCUT2D eigenvalue weighted by Crippen LogP contribution is -2.27. The maximum Gasteiger partial charge on any atom is 0.246 e. The fraction of sp³-hybridized carbons (Fsp3) is 0.471. The van der Waals surface area contributed by atoms with Gasteiger partial charge < -0.3 is 4.74 Å². The van der Waals surface area contributed by atoms with Gasteiger partial charge in [0.2, 0.25) is 10.0 Å². The Labute approximate surface area is 148 Å². The van der Waals surface area contributed by atoms with Gasteiger partial charge in [0.1, 0.15) is 16.5 Å². The van der Waals surface area contributed by atoms with E-state index in [0.29, 0.717) is 43.3 Å². The van der Waals surface area contributed by atoms with Crippen LogP contribution in [0.4, 0.5) is 4.39 Å². The van der Waals surface area contributed by atoms with Gasteiger partial charge in [-0.25, -0.2) is 17.1 Å². The first-order valence-electron chi connectivity index (χ1n) is 8.16. The van der Waals surface area contributed by atoms with Gasteiger partial charge in [-0.15, -0.1) is 0 Å². The summed E-state index contributed by atoms with van der Waals surface area (Å²) in [6.07, 6.45) is 0.655. The topological polar surface area (TPSA) is 64.4 Å². The number of hydrogen-bond acceptors (Lipinski definition) is 4. The summed E-state index contributed by atoms with van der Waals surface area (Å²) in [4.78, 5) is 0.274. The first-order chi connectivity index (χ1) is 11.8. The molecule has 0 spiro atoms. The van der Waals surface area contributed by atoms with Gasteiger partial charge in [0, 0.05) is 26.6 Å². The van der Waals surface area contributed by atoms with Gasteiger partial charge in [0.05, 0.1) is 18.0 Å². The maximum atomic E-state index is 12.8. The Morgan fingerprint density at radius 3 is 2.48 bits per heavy atom. The third kappa shape index (κ3) is 4.38. The molecule has 0 N–H and O–H groups in total. The van der Waals surface area contributed by atoms with E-state index in [9.17, 15) is 12.8 Å². The van der Waals surface area contributed by atoms with Crippen LogP contribution in [0.2, 0.25) is 0 Å². The van der Waals surface area contributed by atoms with E-state index < -0.39 is 10.0 Å². The predicted octanol–water partition coefficient (Wildman–Crippen LogP) is 2.75. The minimum Gasteiger partial charge on any atom is -0.494 e. The number of aromatic nitrogens is 2. The average Bonchev–Trinajstić information content (AvgIpc) is 2.86. The second-order valence-electron chi connectivity index (χ2n) is 5.80. The summed E-state index contributed by atoms with van der Waals surface area (Å²) in [5.41, 5.74) is 1.12. The Morgan fingerprint density at radius 2 is 1.88 bits per heavy atom.